The van der Waals surface area contributed by atoms with Gasteiger partial charge in [-0.15, -0.1) is 0 Å². The molecule has 0 aliphatic carbocycles. The van der Waals surface area contributed by atoms with Crippen molar-refractivity contribution in [3.8, 4) is 0 Å². The predicted octanol–water partition coefficient (Wildman–Crippen LogP) is 9.83. The number of allylic oxidation sites excluding steroid dienone is 3. The summed E-state index contributed by atoms with van der Waals surface area (Å²) >= 11 is 0. The number of esters is 1. The Morgan fingerprint density at radius 1 is 0.623 bits per heavy atom. The highest BCUT2D eigenvalue weighted by molar-refractivity contribution is 5.80. The molecule has 0 saturated carbocycles. The number of unbranched alkanes of at least 4 members (excludes halogenated alkanes) is 25. The van der Waals surface area contributed by atoms with E-state index in [0.717, 1.165) is 77.0 Å². The van der Waals surface area contributed by atoms with Crippen LogP contribution in [0.1, 0.15) is 220 Å². The molecule has 0 bridgehead atoms. The molecule has 0 aromatic carbocycles. The molecule has 1 saturated heterocycles. The summed E-state index contributed by atoms with van der Waals surface area (Å²) in [7, 11) is 0. The topological polar surface area (TPSA) is 175 Å². The van der Waals surface area contributed by atoms with Gasteiger partial charge in [0.25, 0.3) is 0 Å². The molecule has 1 aliphatic heterocycles. The lowest BCUT2D eigenvalue weighted by molar-refractivity contribution is -0.305. The number of aliphatic hydroxyl groups excluding tert-OH is 5. The van der Waals surface area contributed by atoms with Crippen molar-refractivity contribution >= 4 is 11.9 Å². The van der Waals surface area contributed by atoms with E-state index in [-0.39, 0.29) is 13.0 Å². The third-order valence-electron chi connectivity index (χ3n) is 11.9. The molecule has 1 rings (SSSR count). The molecule has 11 heteroatoms. The summed E-state index contributed by atoms with van der Waals surface area (Å²) in [5, 5.41) is 56.4. The highest BCUT2D eigenvalue weighted by Crippen LogP contribution is 2.26. The van der Waals surface area contributed by atoms with Gasteiger partial charge < -0.3 is 45.1 Å². The first kappa shape index (κ1) is 57.2. The highest BCUT2D eigenvalue weighted by atomic mass is 16.7. The van der Waals surface area contributed by atoms with E-state index < -0.39 is 67.4 Å². The average Bonchev–Trinajstić information content (AvgIpc) is 3.25. The van der Waals surface area contributed by atoms with Crippen LogP contribution in [0.15, 0.2) is 24.3 Å². The summed E-state index contributed by atoms with van der Waals surface area (Å²) in [5.41, 5.74) is 0. The minimum atomic E-state index is -1.61. The fourth-order valence-corrected chi connectivity index (χ4v) is 7.75. The molecule has 0 aromatic rings. The van der Waals surface area contributed by atoms with E-state index in [1.165, 1.54) is 96.3 Å². The lowest BCUT2D eigenvalue weighted by Crippen LogP contribution is -2.61. The van der Waals surface area contributed by atoms with Crippen molar-refractivity contribution in [3.63, 3.8) is 0 Å². The van der Waals surface area contributed by atoms with E-state index in [2.05, 4.69) is 38.2 Å². The van der Waals surface area contributed by atoms with Gasteiger partial charge in [0, 0.05) is 6.42 Å². The number of carbonyl (C=O) groups excluding carboxylic acids is 2. The van der Waals surface area contributed by atoms with Crippen LogP contribution in [0.5, 0.6) is 0 Å². The molecule has 61 heavy (non-hydrogen) atoms. The Morgan fingerprint density at radius 2 is 1.10 bits per heavy atom. The van der Waals surface area contributed by atoms with E-state index >= 15 is 0 Å². The number of ether oxygens (including phenoxy) is 3. The fraction of sp³-hybridized carbons (Fsp3) is 0.880. The van der Waals surface area contributed by atoms with E-state index in [9.17, 15) is 35.1 Å². The van der Waals surface area contributed by atoms with Gasteiger partial charge in [0.2, 0.25) is 5.91 Å². The van der Waals surface area contributed by atoms with Crippen LogP contribution in [0.25, 0.3) is 0 Å². The molecule has 0 radical (unpaired) electrons. The standard InChI is InChI=1S/C50H93NO10/c1-4-7-10-13-16-19-22-25-27-30-33-36-42(53)41(51-49(58)43(54)37-34-31-28-24-21-18-15-12-9-6-3)40-59-50-48(47(57)46(56)44(39-52)60-50)61-45(55)38-35-32-29-26-23-20-17-14-11-8-5-2/h14,17,33,36,41-44,46-48,50,52-54,56-57H,4-13,15-16,18-32,34-35,37-40H2,1-3H3,(H,51,58)/b17-14-,36-33+. The van der Waals surface area contributed by atoms with Crippen LogP contribution >= 0.6 is 0 Å². The van der Waals surface area contributed by atoms with Crippen LogP contribution in [0.3, 0.4) is 0 Å². The Bertz CT molecular complexity index is 1090. The number of amides is 1. The van der Waals surface area contributed by atoms with Crippen molar-refractivity contribution in [2.24, 2.45) is 0 Å². The molecule has 8 unspecified atom stereocenters. The third kappa shape index (κ3) is 29.3. The summed E-state index contributed by atoms with van der Waals surface area (Å²) in [4.78, 5) is 26.2. The Labute approximate surface area is 371 Å². The van der Waals surface area contributed by atoms with Gasteiger partial charge in [-0.3, -0.25) is 9.59 Å². The fourth-order valence-electron chi connectivity index (χ4n) is 7.75. The first-order valence-electron chi connectivity index (χ1n) is 25.1. The third-order valence-corrected chi connectivity index (χ3v) is 11.9. The van der Waals surface area contributed by atoms with Gasteiger partial charge in [0.15, 0.2) is 12.4 Å². The molecule has 1 aliphatic rings. The van der Waals surface area contributed by atoms with E-state index in [1.807, 2.05) is 6.08 Å². The number of rotatable bonds is 41. The van der Waals surface area contributed by atoms with Gasteiger partial charge in [0.1, 0.15) is 24.4 Å². The maximum atomic E-state index is 13.2. The van der Waals surface area contributed by atoms with Gasteiger partial charge in [-0.1, -0.05) is 193 Å². The minimum Gasteiger partial charge on any atom is -0.454 e. The molecule has 0 spiro atoms. The second-order valence-electron chi connectivity index (χ2n) is 17.6. The number of carbonyl (C=O) groups is 2. The zero-order valence-corrected chi connectivity index (χ0v) is 39.0. The van der Waals surface area contributed by atoms with Crippen LogP contribution in [-0.2, 0) is 23.8 Å². The molecule has 11 nitrogen and oxygen atoms in total. The van der Waals surface area contributed by atoms with Crippen LogP contribution in [0.2, 0.25) is 0 Å². The molecule has 8 atom stereocenters. The monoisotopic (exact) mass is 868 g/mol. The summed E-state index contributed by atoms with van der Waals surface area (Å²) < 4.78 is 17.4. The molecule has 6 N–H and O–H groups in total. The van der Waals surface area contributed by atoms with Gasteiger partial charge in [-0.2, -0.15) is 0 Å². The molecular formula is C50H93NO10. The van der Waals surface area contributed by atoms with Crippen molar-refractivity contribution in [1.82, 2.24) is 5.32 Å². The summed E-state index contributed by atoms with van der Waals surface area (Å²) in [6.07, 6.45) is 31.0. The van der Waals surface area contributed by atoms with Crippen LogP contribution in [0.4, 0.5) is 0 Å². The van der Waals surface area contributed by atoms with Crippen LogP contribution < -0.4 is 5.32 Å². The molecule has 1 fully saturated rings. The van der Waals surface area contributed by atoms with Crippen molar-refractivity contribution in [1.29, 1.82) is 0 Å². The maximum Gasteiger partial charge on any atom is 0.306 e. The smallest absolute Gasteiger partial charge is 0.306 e. The summed E-state index contributed by atoms with van der Waals surface area (Å²) in [5.74, 6) is -1.20. The predicted molar refractivity (Wildman–Crippen MR) is 246 cm³/mol. The lowest BCUT2D eigenvalue weighted by Gasteiger charge is -2.41. The first-order valence-corrected chi connectivity index (χ1v) is 25.1. The number of nitrogens with one attached hydrogen (secondary N) is 1. The summed E-state index contributed by atoms with van der Waals surface area (Å²) in [6, 6.07) is -1.02. The number of aliphatic hydroxyl groups is 5. The summed E-state index contributed by atoms with van der Waals surface area (Å²) in [6.45, 7) is 5.68. The first-order chi connectivity index (χ1) is 29.7. The largest absolute Gasteiger partial charge is 0.454 e. The van der Waals surface area contributed by atoms with Crippen molar-refractivity contribution in [3.05, 3.63) is 24.3 Å². The zero-order chi connectivity index (χ0) is 44.8. The number of hydrogen-bond acceptors (Lipinski definition) is 10. The molecular weight excluding hydrogens is 775 g/mol. The van der Waals surface area contributed by atoms with Crippen LogP contribution in [0, 0.1) is 0 Å². The average molecular weight is 868 g/mol. The van der Waals surface area contributed by atoms with Gasteiger partial charge >= 0.3 is 5.97 Å². The van der Waals surface area contributed by atoms with E-state index in [4.69, 9.17) is 14.2 Å². The van der Waals surface area contributed by atoms with Crippen molar-refractivity contribution < 1.29 is 49.3 Å². The Morgan fingerprint density at radius 3 is 1.64 bits per heavy atom. The second-order valence-corrected chi connectivity index (χ2v) is 17.6. The second kappa shape index (κ2) is 39.7. The highest BCUT2D eigenvalue weighted by Gasteiger charge is 2.47. The Hall–Kier alpha value is -1.86. The van der Waals surface area contributed by atoms with E-state index in [0.29, 0.717) is 19.3 Å². The van der Waals surface area contributed by atoms with Crippen molar-refractivity contribution in [2.45, 2.75) is 269 Å². The quantitative estimate of drug-likeness (QED) is 0.0197. The van der Waals surface area contributed by atoms with Crippen LogP contribution in [-0.4, -0.2) is 99.6 Å². The SMILES string of the molecule is CCCC/C=C\CCCCCCCC(=O)OC1C(OCC(NC(=O)C(O)CCCCCCCCCCCC)C(O)/C=C/CCCCCCCCCCC)OC(CO)C(O)C1O. The zero-order valence-electron chi connectivity index (χ0n) is 39.0. The number of hydrogen-bond donors (Lipinski definition) is 6. The molecule has 1 amide bonds. The van der Waals surface area contributed by atoms with Crippen molar-refractivity contribution in [2.75, 3.05) is 13.2 Å². The van der Waals surface area contributed by atoms with Gasteiger partial charge in [-0.05, 0) is 44.9 Å². The van der Waals surface area contributed by atoms with E-state index in [1.54, 1.807) is 6.08 Å². The maximum absolute atomic E-state index is 13.2. The normalized spacial score (nSPS) is 21.0. The van der Waals surface area contributed by atoms with Gasteiger partial charge in [-0.25, -0.2) is 0 Å². The molecule has 1 heterocycles. The van der Waals surface area contributed by atoms with Gasteiger partial charge in [0.05, 0.1) is 25.4 Å². The Kier molecular flexibility index (Phi) is 37.2. The molecule has 0 aromatic heterocycles. The minimum absolute atomic E-state index is 0.116. The Balaban J connectivity index is 2.81. The molecule has 358 valence electrons. The lowest BCUT2D eigenvalue weighted by atomic mass is 9.99.